The first kappa shape index (κ1) is 9.67. The number of hydrogen-bond donors (Lipinski definition) is 2. The van der Waals surface area contributed by atoms with Gasteiger partial charge in [0.25, 0.3) is 5.91 Å². The van der Waals surface area contributed by atoms with E-state index in [1.165, 1.54) is 6.20 Å². The third-order valence-electron chi connectivity index (χ3n) is 1.65. The molecule has 0 unspecified atom stereocenters. The Kier molecular flexibility index (Phi) is 3.40. The van der Waals surface area contributed by atoms with Crippen LogP contribution in [-0.2, 0) is 0 Å². The second-order valence-electron chi connectivity index (χ2n) is 2.85. The van der Waals surface area contributed by atoms with E-state index in [9.17, 15) is 4.79 Å². The summed E-state index contributed by atoms with van der Waals surface area (Å²) in [5, 5.41) is 2.74. The topological polar surface area (TPSA) is 68.0 Å². The molecule has 0 aliphatic rings. The maximum absolute atomic E-state index is 11.4. The molecule has 0 saturated heterocycles. The molecule has 0 aliphatic carbocycles. The summed E-state index contributed by atoms with van der Waals surface area (Å²) in [7, 11) is 0. The molecule has 0 spiro atoms. The third kappa shape index (κ3) is 2.83. The van der Waals surface area contributed by atoms with Crippen LogP contribution in [0.5, 0.6) is 0 Å². The molecule has 1 aromatic heterocycles. The Morgan fingerprint density at radius 2 is 2.54 bits per heavy atom. The monoisotopic (exact) mass is 179 g/mol. The van der Waals surface area contributed by atoms with Gasteiger partial charge in [0.2, 0.25) is 0 Å². The van der Waals surface area contributed by atoms with Crippen LogP contribution in [0.3, 0.4) is 0 Å². The van der Waals surface area contributed by atoms with Crippen LogP contribution >= 0.6 is 0 Å². The van der Waals surface area contributed by atoms with Crippen molar-refractivity contribution in [2.24, 2.45) is 5.73 Å². The van der Waals surface area contributed by atoms with Gasteiger partial charge in [-0.05, 0) is 19.1 Å². The van der Waals surface area contributed by atoms with Crippen LogP contribution in [0, 0.1) is 0 Å². The van der Waals surface area contributed by atoms with Crippen molar-refractivity contribution in [1.29, 1.82) is 0 Å². The molecule has 1 rings (SSSR count). The van der Waals surface area contributed by atoms with Crippen LogP contribution in [0.2, 0.25) is 0 Å². The fourth-order valence-electron chi connectivity index (χ4n) is 0.863. The van der Waals surface area contributed by atoms with Gasteiger partial charge in [-0.2, -0.15) is 0 Å². The van der Waals surface area contributed by atoms with E-state index < -0.39 is 0 Å². The van der Waals surface area contributed by atoms with Gasteiger partial charge in [-0.15, -0.1) is 0 Å². The lowest BCUT2D eigenvalue weighted by Gasteiger charge is -2.10. The van der Waals surface area contributed by atoms with Crippen molar-refractivity contribution in [3.05, 3.63) is 30.1 Å². The number of nitrogens with two attached hydrogens (primary N) is 1. The van der Waals surface area contributed by atoms with Crippen LogP contribution in [0.15, 0.2) is 24.5 Å². The van der Waals surface area contributed by atoms with E-state index >= 15 is 0 Å². The quantitative estimate of drug-likeness (QED) is 0.694. The molecule has 3 N–H and O–H groups in total. The molecule has 0 fully saturated rings. The molecule has 4 nitrogen and oxygen atoms in total. The summed E-state index contributed by atoms with van der Waals surface area (Å²) >= 11 is 0. The molecular formula is C9H13N3O. The highest BCUT2D eigenvalue weighted by Crippen LogP contribution is 1.95. The first-order chi connectivity index (χ1) is 6.24. The predicted molar refractivity (Wildman–Crippen MR) is 50.2 cm³/mol. The smallest absolute Gasteiger partial charge is 0.253 e. The number of nitrogens with zero attached hydrogens (tertiary/aromatic N) is 1. The van der Waals surface area contributed by atoms with E-state index in [1.54, 1.807) is 18.3 Å². The van der Waals surface area contributed by atoms with Crippen LogP contribution in [0.4, 0.5) is 0 Å². The van der Waals surface area contributed by atoms with E-state index in [2.05, 4.69) is 10.3 Å². The maximum Gasteiger partial charge on any atom is 0.253 e. The highest BCUT2D eigenvalue weighted by Gasteiger charge is 2.07. The molecule has 0 aliphatic heterocycles. The summed E-state index contributed by atoms with van der Waals surface area (Å²) in [6.07, 6.45) is 3.15. The Morgan fingerprint density at radius 3 is 3.08 bits per heavy atom. The minimum absolute atomic E-state index is 0.00675. The summed E-state index contributed by atoms with van der Waals surface area (Å²) in [5.41, 5.74) is 5.93. The summed E-state index contributed by atoms with van der Waals surface area (Å²) in [5.74, 6) is -0.133. The predicted octanol–water partition coefficient (Wildman–Crippen LogP) is 0.159. The lowest BCUT2D eigenvalue weighted by molar-refractivity contribution is 0.0941. The maximum atomic E-state index is 11.4. The molecule has 0 saturated carbocycles. The molecule has 0 bridgehead atoms. The lowest BCUT2D eigenvalue weighted by Crippen LogP contribution is -2.37. The molecule has 1 atom stereocenters. The normalized spacial score (nSPS) is 12.2. The van der Waals surface area contributed by atoms with Gasteiger partial charge in [-0.3, -0.25) is 9.78 Å². The molecule has 13 heavy (non-hydrogen) atoms. The minimum atomic E-state index is -0.133. The number of carbonyl (C=O) groups is 1. The Labute approximate surface area is 77.2 Å². The van der Waals surface area contributed by atoms with E-state index in [0.29, 0.717) is 12.1 Å². The number of hydrogen-bond acceptors (Lipinski definition) is 3. The second-order valence-corrected chi connectivity index (χ2v) is 2.85. The van der Waals surface area contributed by atoms with Crippen molar-refractivity contribution >= 4 is 5.91 Å². The molecule has 1 amide bonds. The minimum Gasteiger partial charge on any atom is -0.348 e. The highest BCUT2D eigenvalue weighted by atomic mass is 16.1. The number of nitrogens with one attached hydrogen (secondary N) is 1. The van der Waals surface area contributed by atoms with E-state index in [0.717, 1.165) is 0 Å². The molecule has 1 aromatic rings. The Hall–Kier alpha value is -1.42. The second kappa shape index (κ2) is 4.57. The molecule has 4 heteroatoms. The molecular weight excluding hydrogens is 166 g/mol. The van der Waals surface area contributed by atoms with Crippen LogP contribution < -0.4 is 11.1 Å². The first-order valence-corrected chi connectivity index (χ1v) is 4.15. The number of carbonyl (C=O) groups excluding carboxylic acids is 1. The fraction of sp³-hybridized carbons (Fsp3) is 0.333. The van der Waals surface area contributed by atoms with Crippen LogP contribution in [0.25, 0.3) is 0 Å². The van der Waals surface area contributed by atoms with Gasteiger partial charge in [0.1, 0.15) is 0 Å². The number of pyridine rings is 1. The SMILES string of the molecule is C[C@@H](CN)NC(=O)c1cccnc1. The van der Waals surface area contributed by atoms with Crippen LogP contribution in [0.1, 0.15) is 17.3 Å². The highest BCUT2D eigenvalue weighted by molar-refractivity contribution is 5.93. The van der Waals surface area contributed by atoms with Crippen molar-refractivity contribution in [3.63, 3.8) is 0 Å². The van der Waals surface area contributed by atoms with Gasteiger partial charge >= 0.3 is 0 Å². The third-order valence-corrected chi connectivity index (χ3v) is 1.65. The van der Waals surface area contributed by atoms with Crippen molar-refractivity contribution < 1.29 is 4.79 Å². The standard InChI is InChI=1S/C9H13N3O/c1-7(5-10)12-9(13)8-3-2-4-11-6-8/h2-4,6-7H,5,10H2,1H3,(H,12,13)/t7-/m0/s1. The lowest BCUT2D eigenvalue weighted by atomic mass is 10.2. The van der Waals surface area contributed by atoms with Crippen molar-refractivity contribution in [2.45, 2.75) is 13.0 Å². The Morgan fingerprint density at radius 1 is 1.77 bits per heavy atom. The molecule has 0 aromatic carbocycles. The summed E-state index contributed by atoms with van der Waals surface area (Å²) < 4.78 is 0. The molecule has 1 heterocycles. The molecule has 0 radical (unpaired) electrons. The number of amides is 1. The van der Waals surface area contributed by atoms with Crippen LogP contribution in [-0.4, -0.2) is 23.5 Å². The Bertz CT molecular complexity index is 273. The summed E-state index contributed by atoms with van der Waals surface area (Å²) in [6, 6.07) is 3.43. The van der Waals surface area contributed by atoms with E-state index in [-0.39, 0.29) is 11.9 Å². The average molecular weight is 179 g/mol. The number of rotatable bonds is 3. The van der Waals surface area contributed by atoms with Gasteiger partial charge in [-0.25, -0.2) is 0 Å². The van der Waals surface area contributed by atoms with Crippen molar-refractivity contribution in [1.82, 2.24) is 10.3 Å². The van der Waals surface area contributed by atoms with E-state index in [1.807, 2.05) is 6.92 Å². The molecule has 70 valence electrons. The van der Waals surface area contributed by atoms with Gasteiger partial charge in [-0.1, -0.05) is 0 Å². The summed E-state index contributed by atoms with van der Waals surface area (Å²) in [4.78, 5) is 15.3. The zero-order valence-corrected chi connectivity index (χ0v) is 7.53. The number of aromatic nitrogens is 1. The van der Waals surface area contributed by atoms with E-state index in [4.69, 9.17) is 5.73 Å². The van der Waals surface area contributed by atoms with Gasteiger partial charge < -0.3 is 11.1 Å². The van der Waals surface area contributed by atoms with Crippen molar-refractivity contribution in [2.75, 3.05) is 6.54 Å². The Balaban J connectivity index is 2.59. The van der Waals surface area contributed by atoms with Gasteiger partial charge in [0.05, 0.1) is 5.56 Å². The largest absolute Gasteiger partial charge is 0.348 e. The average Bonchev–Trinajstić information content (AvgIpc) is 2.19. The van der Waals surface area contributed by atoms with Crippen molar-refractivity contribution in [3.8, 4) is 0 Å². The van der Waals surface area contributed by atoms with Gasteiger partial charge in [0.15, 0.2) is 0 Å². The zero-order valence-electron chi connectivity index (χ0n) is 7.53. The van der Waals surface area contributed by atoms with Gasteiger partial charge in [0, 0.05) is 25.0 Å². The first-order valence-electron chi connectivity index (χ1n) is 4.15. The fourth-order valence-corrected chi connectivity index (χ4v) is 0.863. The zero-order chi connectivity index (χ0) is 9.68. The summed E-state index contributed by atoms with van der Waals surface area (Å²) in [6.45, 7) is 2.29.